The molecule has 25 heavy (non-hydrogen) atoms. The smallest absolute Gasteiger partial charge is 0.290 e. The molecule has 1 fully saturated rings. The second-order valence-electron chi connectivity index (χ2n) is 6.28. The number of aryl methyl sites for hydroxylation is 2. The fourth-order valence-corrected chi connectivity index (χ4v) is 3.71. The summed E-state index contributed by atoms with van der Waals surface area (Å²) in [6, 6.07) is 1.66. The van der Waals surface area contributed by atoms with Crippen LogP contribution in [0.2, 0.25) is 0 Å². The van der Waals surface area contributed by atoms with Crippen molar-refractivity contribution in [2.75, 3.05) is 0 Å². The Balaban J connectivity index is 1.31. The number of fused-ring (bicyclic) bond motifs is 1. The maximum Gasteiger partial charge on any atom is 0.290 e. The summed E-state index contributed by atoms with van der Waals surface area (Å²) >= 11 is 1.55. The highest BCUT2D eigenvalue weighted by Crippen LogP contribution is 2.22. The van der Waals surface area contributed by atoms with Crippen molar-refractivity contribution in [2.24, 2.45) is 0 Å². The molecule has 0 aliphatic heterocycles. The first-order valence-corrected chi connectivity index (χ1v) is 8.80. The number of aromatic nitrogens is 3. The van der Waals surface area contributed by atoms with Crippen molar-refractivity contribution >= 4 is 28.1 Å². The van der Waals surface area contributed by atoms with Crippen LogP contribution in [-0.4, -0.2) is 38.4 Å². The van der Waals surface area contributed by atoms with Crippen molar-refractivity contribution in [1.82, 2.24) is 25.2 Å². The van der Waals surface area contributed by atoms with Gasteiger partial charge in [0.2, 0.25) is 5.76 Å². The van der Waals surface area contributed by atoms with Gasteiger partial charge in [-0.25, -0.2) is 4.98 Å². The Morgan fingerprint density at radius 1 is 1.24 bits per heavy atom. The van der Waals surface area contributed by atoms with Gasteiger partial charge in [-0.2, -0.15) is 0 Å². The number of nitrogens with one attached hydrogen (secondary N) is 2. The van der Waals surface area contributed by atoms with Crippen LogP contribution >= 0.6 is 11.3 Å². The van der Waals surface area contributed by atoms with Crippen LogP contribution in [0.15, 0.2) is 23.0 Å². The summed E-state index contributed by atoms with van der Waals surface area (Å²) in [5.74, 6) is -0.216. The third kappa shape index (κ3) is 3.02. The van der Waals surface area contributed by atoms with Gasteiger partial charge in [-0.05, 0) is 26.7 Å². The Bertz CT molecular complexity index is 950. The maximum absolute atomic E-state index is 12.4. The van der Waals surface area contributed by atoms with Crippen LogP contribution in [0.25, 0.3) is 4.96 Å². The van der Waals surface area contributed by atoms with Gasteiger partial charge in [0.15, 0.2) is 4.96 Å². The van der Waals surface area contributed by atoms with Gasteiger partial charge < -0.3 is 15.2 Å². The van der Waals surface area contributed by atoms with Crippen molar-refractivity contribution in [1.29, 1.82) is 0 Å². The highest BCUT2D eigenvalue weighted by Gasteiger charge is 2.33. The summed E-state index contributed by atoms with van der Waals surface area (Å²) in [6.45, 7) is 3.74. The van der Waals surface area contributed by atoms with E-state index in [0.717, 1.165) is 9.84 Å². The normalized spacial score (nSPS) is 19.6. The number of amides is 2. The minimum absolute atomic E-state index is 0.0251. The van der Waals surface area contributed by atoms with E-state index in [1.54, 1.807) is 34.9 Å². The van der Waals surface area contributed by atoms with Crippen LogP contribution in [0.3, 0.4) is 0 Å². The largest absolute Gasteiger partial charge is 0.351 e. The average Bonchev–Trinajstić information content (AvgIpc) is 3.19. The van der Waals surface area contributed by atoms with Gasteiger partial charge in [-0.1, -0.05) is 5.16 Å². The van der Waals surface area contributed by atoms with Crippen molar-refractivity contribution in [3.05, 3.63) is 40.5 Å². The number of nitrogens with zero attached hydrogens (tertiary/aromatic N) is 3. The third-order valence-corrected chi connectivity index (χ3v) is 5.13. The summed E-state index contributed by atoms with van der Waals surface area (Å²) in [5.41, 5.74) is 1.20. The van der Waals surface area contributed by atoms with Crippen molar-refractivity contribution in [3.8, 4) is 0 Å². The minimum atomic E-state index is -0.276. The van der Waals surface area contributed by atoms with Crippen molar-refractivity contribution in [3.63, 3.8) is 0 Å². The van der Waals surface area contributed by atoms with E-state index < -0.39 is 0 Å². The van der Waals surface area contributed by atoms with E-state index in [9.17, 15) is 9.59 Å². The molecule has 1 aliphatic rings. The molecule has 8 nitrogen and oxygen atoms in total. The summed E-state index contributed by atoms with van der Waals surface area (Å²) in [7, 11) is 0. The summed E-state index contributed by atoms with van der Waals surface area (Å²) in [6.07, 6.45) is 4.88. The number of carbonyl (C=O) groups excluding carboxylic acids is 2. The maximum atomic E-state index is 12.4. The van der Waals surface area contributed by atoms with Crippen LogP contribution in [-0.2, 0) is 0 Å². The molecule has 130 valence electrons. The van der Waals surface area contributed by atoms with Gasteiger partial charge in [0, 0.05) is 29.2 Å². The SMILES string of the molecule is Cc1cc(C(=O)NC2CC(NC(=O)c3cnc4sc(C)cn34)C2)on1. The lowest BCUT2D eigenvalue weighted by molar-refractivity contribution is 0.0837. The van der Waals surface area contributed by atoms with E-state index in [1.807, 2.05) is 13.1 Å². The lowest BCUT2D eigenvalue weighted by Crippen LogP contribution is -2.53. The first kappa shape index (κ1) is 15.8. The molecule has 3 aromatic heterocycles. The average molecular weight is 359 g/mol. The van der Waals surface area contributed by atoms with Crippen LogP contribution < -0.4 is 10.6 Å². The molecule has 2 amide bonds. The Morgan fingerprint density at radius 3 is 2.64 bits per heavy atom. The quantitative estimate of drug-likeness (QED) is 0.738. The second-order valence-corrected chi connectivity index (χ2v) is 7.50. The molecular weight excluding hydrogens is 342 g/mol. The lowest BCUT2D eigenvalue weighted by atomic mass is 9.86. The van der Waals surface area contributed by atoms with E-state index in [1.165, 1.54) is 0 Å². The summed E-state index contributed by atoms with van der Waals surface area (Å²) in [5, 5.41) is 9.56. The molecular formula is C16H17N5O3S. The molecule has 4 rings (SSSR count). The zero-order valence-corrected chi connectivity index (χ0v) is 14.6. The molecule has 9 heteroatoms. The number of hydrogen-bond acceptors (Lipinski definition) is 6. The fourth-order valence-electron chi connectivity index (χ4n) is 2.90. The topological polar surface area (TPSA) is 102 Å². The van der Waals surface area contributed by atoms with Crippen LogP contribution in [0.1, 0.15) is 44.5 Å². The summed E-state index contributed by atoms with van der Waals surface area (Å²) < 4.78 is 6.74. The number of carbonyl (C=O) groups is 2. The summed E-state index contributed by atoms with van der Waals surface area (Å²) in [4.78, 5) is 30.6. The lowest BCUT2D eigenvalue weighted by Gasteiger charge is -2.35. The highest BCUT2D eigenvalue weighted by molar-refractivity contribution is 7.17. The fraction of sp³-hybridized carbons (Fsp3) is 0.375. The van der Waals surface area contributed by atoms with Gasteiger partial charge in [0.25, 0.3) is 11.8 Å². The van der Waals surface area contributed by atoms with E-state index in [-0.39, 0.29) is 29.7 Å². The minimum Gasteiger partial charge on any atom is -0.351 e. The van der Waals surface area contributed by atoms with Crippen molar-refractivity contribution in [2.45, 2.75) is 38.8 Å². The van der Waals surface area contributed by atoms with Gasteiger partial charge in [0.05, 0.1) is 11.9 Å². The Labute approximate surface area is 147 Å². The highest BCUT2D eigenvalue weighted by atomic mass is 32.1. The first-order chi connectivity index (χ1) is 12.0. The molecule has 0 spiro atoms. The predicted octanol–water partition coefficient (Wildman–Crippen LogP) is 1.69. The number of imidazole rings is 1. The van der Waals surface area contributed by atoms with Crippen LogP contribution in [0, 0.1) is 13.8 Å². The molecule has 1 saturated carbocycles. The zero-order chi connectivity index (χ0) is 17.6. The molecule has 3 heterocycles. The van der Waals surface area contributed by atoms with E-state index in [2.05, 4.69) is 20.8 Å². The molecule has 1 aliphatic carbocycles. The zero-order valence-electron chi connectivity index (χ0n) is 13.8. The molecule has 0 bridgehead atoms. The number of rotatable bonds is 4. The molecule has 0 saturated heterocycles. The van der Waals surface area contributed by atoms with E-state index in [0.29, 0.717) is 24.2 Å². The van der Waals surface area contributed by atoms with Crippen LogP contribution in [0.4, 0.5) is 0 Å². The van der Waals surface area contributed by atoms with Gasteiger partial charge >= 0.3 is 0 Å². The number of hydrogen-bond donors (Lipinski definition) is 2. The Hall–Kier alpha value is -2.68. The molecule has 0 radical (unpaired) electrons. The third-order valence-electron chi connectivity index (χ3n) is 4.22. The van der Waals surface area contributed by atoms with Crippen molar-refractivity contribution < 1.29 is 14.1 Å². The first-order valence-electron chi connectivity index (χ1n) is 7.98. The molecule has 3 aromatic rings. The monoisotopic (exact) mass is 359 g/mol. The molecule has 0 unspecified atom stereocenters. The molecule has 0 aromatic carbocycles. The van der Waals surface area contributed by atoms with E-state index >= 15 is 0 Å². The van der Waals surface area contributed by atoms with Gasteiger partial charge in [0.1, 0.15) is 5.69 Å². The van der Waals surface area contributed by atoms with Crippen LogP contribution in [0.5, 0.6) is 0 Å². The van der Waals surface area contributed by atoms with Gasteiger partial charge in [-0.3, -0.25) is 14.0 Å². The predicted molar refractivity (Wildman–Crippen MR) is 90.8 cm³/mol. The number of thiazole rings is 1. The second kappa shape index (κ2) is 5.99. The Morgan fingerprint density at radius 2 is 1.96 bits per heavy atom. The molecule has 2 N–H and O–H groups in total. The van der Waals surface area contributed by atoms with E-state index in [4.69, 9.17) is 4.52 Å². The Kier molecular flexibility index (Phi) is 3.79. The standard InChI is InChI=1S/C16H17N5O3S/c1-8-3-13(24-20-8)15(23)19-11-4-10(5-11)18-14(22)12-6-17-16-21(12)7-9(2)25-16/h3,6-7,10-11H,4-5H2,1-2H3,(H,18,22)(H,19,23). The van der Waals surface area contributed by atoms with Gasteiger partial charge in [-0.15, -0.1) is 11.3 Å². The molecule has 0 atom stereocenters.